The highest BCUT2D eigenvalue weighted by Crippen LogP contribution is 2.28. The van der Waals surface area contributed by atoms with Gasteiger partial charge in [0.15, 0.2) is 0 Å². The molecule has 0 aromatic heterocycles. The first-order valence-corrected chi connectivity index (χ1v) is 17.1. The molecule has 1 fully saturated rings. The second-order valence-electron chi connectivity index (χ2n) is 9.96. The molecule has 1 saturated carbocycles. The van der Waals surface area contributed by atoms with Gasteiger partial charge in [-0.25, -0.2) is 4.39 Å². The van der Waals surface area contributed by atoms with E-state index in [1.54, 1.807) is 18.0 Å². The summed E-state index contributed by atoms with van der Waals surface area (Å²) >= 11 is 6.24. The second kappa shape index (κ2) is 24.7. The molecule has 0 heterocycles. The molecule has 1 N–H and O–H groups in total. The van der Waals surface area contributed by atoms with Crippen molar-refractivity contribution in [3.63, 3.8) is 0 Å². The zero-order valence-corrected chi connectivity index (χ0v) is 29.4. The molecule has 1 unspecified atom stereocenters. The van der Waals surface area contributed by atoms with Crippen LogP contribution in [-0.4, -0.2) is 62.3 Å². The molecule has 0 spiro atoms. The number of ether oxygens (including phenoxy) is 2. The maximum atomic E-state index is 14.5. The van der Waals surface area contributed by atoms with Crippen LogP contribution in [0.25, 0.3) is 0 Å². The number of allylic oxidation sites excluding steroid dienone is 3. The van der Waals surface area contributed by atoms with Crippen molar-refractivity contribution in [3.05, 3.63) is 64.7 Å². The van der Waals surface area contributed by atoms with Gasteiger partial charge in [-0.3, -0.25) is 14.4 Å². The highest BCUT2D eigenvalue weighted by molar-refractivity contribution is 7.42. The van der Waals surface area contributed by atoms with E-state index in [0.717, 1.165) is 50.9 Å². The summed E-state index contributed by atoms with van der Waals surface area (Å²) in [6, 6.07) is 2.56. The van der Waals surface area contributed by atoms with Gasteiger partial charge in [0, 0.05) is 25.8 Å². The summed E-state index contributed by atoms with van der Waals surface area (Å²) < 4.78 is 24.7. The second-order valence-corrected chi connectivity index (χ2v) is 11.5. The number of rotatable bonds is 14. The van der Waals surface area contributed by atoms with E-state index in [0.29, 0.717) is 33.2 Å². The minimum atomic E-state index is -0.577. The van der Waals surface area contributed by atoms with Gasteiger partial charge in [0.2, 0.25) is 5.91 Å². The van der Waals surface area contributed by atoms with Crippen molar-refractivity contribution in [1.29, 1.82) is 0 Å². The van der Waals surface area contributed by atoms with Gasteiger partial charge in [0.25, 0.3) is 5.91 Å². The van der Waals surface area contributed by atoms with E-state index in [2.05, 4.69) is 11.9 Å². The van der Waals surface area contributed by atoms with E-state index >= 15 is 0 Å². The van der Waals surface area contributed by atoms with Gasteiger partial charge < -0.3 is 19.7 Å². The van der Waals surface area contributed by atoms with E-state index in [1.165, 1.54) is 13.2 Å². The summed E-state index contributed by atoms with van der Waals surface area (Å²) in [5, 5.41) is 2.85. The first-order valence-electron chi connectivity index (χ1n) is 15.5. The van der Waals surface area contributed by atoms with E-state index in [-0.39, 0.29) is 46.4 Å². The number of methoxy groups -OCH3 is 1. The quantitative estimate of drug-likeness (QED) is 0.0717. The zero-order valence-electron chi connectivity index (χ0n) is 27.6. The van der Waals surface area contributed by atoms with Gasteiger partial charge in [-0.15, -0.1) is 6.58 Å². The molecule has 0 aliphatic heterocycles. The maximum absolute atomic E-state index is 14.5. The summed E-state index contributed by atoms with van der Waals surface area (Å²) in [7, 11) is 3.60. The standard InChI is InChI=1S/C22H29ClFN2O2P.C10H18O3.C2H6/c1-5-8-11-29-15-16(9-6-2)22(28)25-20-14-19(24)17(12-18(20)23)13-21(27)26(4)10-7-3;1-3-13-9-6-4-8(5-7-9)10(11)12-2;1-2/h5-6,8,12,14-15,29H,2,7,9-11,13H2,1,3-4H3,(H,25,28);8-9H,3-7H2,1-2H3;1-2H3/b8-5-,16-15+;;. The molecule has 7 nitrogen and oxygen atoms in total. The van der Waals surface area contributed by atoms with Crippen LogP contribution in [0.1, 0.15) is 78.7 Å². The molecule has 1 aromatic carbocycles. The molecular weight excluding hydrogens is 602 g/mol. The number of carbonyl (C=O) groups excluding carboxylic acids is 3. The van der Waals surface area contributed by atoms with Crippen LogP contribution in [0, 0.1) is 11.7 Å². The summed E-state index contributed by atoms with van der Waals surface area (Å²) in [5.74, 6) is 0.823. The number of esters is 1. The number of halogens is 2. The Kier molecular flexibility index (Phi) is 23.3. The third-order valence-corrected chi connectivity index (χ3v) is 8.06. The van der Waals surface area contributed by atoms with Crippen LogP contribution in [0.5, 0.6) is 0 Å². The number of anilines is 1. The molecule has 1 aliphatic carbocycles. The number of hydrogen-bond donors (Lipinski definition) is 1. The lowest BCUT2D eigenvalue weighted by molar-refractivity contribution is -0.147. The summed E-state index contributed by atoms with van der Waals surface area (Å²) in [6.45, 7) is 15.0. The summed E-state index contributed by atoms with van der Waals surface area (Å²) in [4.78, 5) is 37.5. The number of amides is 2. The Morgan fingerprint density at radius 3 is 2.39 bits per heavy atom. The van der Waals surface area contributed by atoms with Crippen LogP contribution in [0.15, 0.2) is 48.3 Å². The molecule has 248 valence electrons. The molecule has 0 radical (unpaired) electrons. The van der Waals surface area contributed by atoms with Crippen molar-refractivity contribution >= 4 is 43.7 Å². The first kappa shape index (κ1) is 41.5. The molecule has 44 heavy (non-hydrogen) atoms. The van der Waals surface area contributed by atoms with Crippen LogP contribution >= 0.6 is 20.2 Å². The van der Waals surface area contributed by atoms with E-state index in [4.69, 9.17) is 21.1 Å². The average molecular weight is 655 g/mol. The third kappa shape index (κ3) is 16.0. The van der Waals surface area contributed by atoms with Crippen molar-refractivity contribution in [2.24, 2.45) is 5.92 Å². The highest BCUT2D eigenvalue weighted by Gasteiger charge is 2.26. The molecule has 1 aliphatic rings. The summed E-state index contributed by atoms with van der Waals surface area (Å²) in [5.41, 5.74) is 0.939. The van der Waals surface area contributed by atoms with Gasteiger partial charge in [-0.05, 0) is 76.2 Å². The monoisotopic (exact) mass is 654 g/mol. The SMILES string of the molecule is C=CC/C(=C\PC/C=C\C)C(=O)Nc1cc(F)c(CC(=O)N(C)CCC)cc1Cl.CC.CCOC1CCC(C(=O)OC)CC1. The molecule has 1 aromatic rings. The number of benzene rings is 1. The van der Waals surface area contributed by atoms with Crippen LogP contribution in [0.4, 0.5) is 10.1 Å². The lowest BCUT2D eigenvalue weighted by Crippen LogP contribution is -2.29. The van der Waals surface area contributed by atoms with Gasteiger partial charge in [0.1, 0.15) is 5.82 Å². The fourth-order valence-corrected chi connectivity index (χ4v) is 5.61. The van der Waals surface area contributed by atoms with Crippen molar-refractivity contribution in [3.8, 4) is 0 Å². The van der Waals surface area contributed by atoms with Crippen LogP contribution in [-0.2, 0) is 30.3 Å². The molecule has 0 saturated heterocycles. The molecule has 10 heteroatoms. The topological polar surface area (TPSA) is 84.9 Å². The predicted molar refractivity (Wildman–Crippen MR) is 183 cm³/mol. The van der Waals surface area contributed by atoms with E-state index < -0.39 is 5.82 Å². The number of nitrogens with zero attached hydrogens (tertiary/aromatic N) is 1. The fraction of sp³-hybridized carbons (Fsp3) is 0.559. The third-order valence-electron chi connectivity index (χ3n) is 6.73. The lowest BCUT2D eigenvalue weighted by Gasteiger charge is -2.26. The van der Waals surface area contributed by atoms with Crippen molar-refractivity contribution in [2.45, 2.75) is 85.7 Å². The van der Waals surface area contributed by atoms with Crippen LogP contribution in [0.3, 0.4) is 0 Å². The molecule has 2 amide bonds. The zero-order chi connectivity index (χ0) is 33.5. The predicted octanol–water partition coefficient (Wildman–Crippen LogP) is 8.32. The van der Waals surface area contributed by atoms with E-state index in [1.807, 2.05) is 52.6 Å². The minimum absolute atomic E-state index is 0.0602. The van der Waals surface area contributed by atoms with Crippen LogP contribution < -0.4 is 5.32 Å². The van der Waals surface area contributed by atoms with Gasteiger partial charge >= 0.3 is 5.97 Å². The smallest absolute Gasteiger partial charge is 0.308 e. The lowest BCUT2D eigenvalue weighted by atomic mass is 9.87. The van der Waals surface area contributed by atoms with Crippen molar-refractivity contribution < 1.29 is 28.2 Å². The summed E-state index contributed by atoms with van der Waals surface area (Å²) in [6.07, 6.45) is 11.8. The first-order chi connectivity index (χ1) is 21.1. The molecular formula is C34H53ClFN2O5P. The fourth-order valence-electron chi connectivity index (χ4n) is 4.39. The maximum Gasteiger partial charge on any atom is 0.308 e. The van der Waals surface area contributed by atoms with Gasteiger partial charge in [0.05, 0.1) is 36.3 Å². The molecule has 0 bridgehead atoms. The number of carbonyl (C=O) groups is 3. The Labute approximate surface area is 271 Å². The van der Waals surface area contributed by atoms with Crippen molar-refractivity contribution in [1.82, 2.24) is 4.90 Å². The minimum Gasteiger partial charge on any atom is -0.469 e. The highest BCUT2D eigenvalue weighted by atomic mass is 35.5. The number of hydrogen-bond acceptors (Lipinski definition) is 5. The van der Waals surface area contributed by atoms with Gasteiger partial charge in [-0.2, -0.15) is 0 Å². The number of likely N-dealkylation sites (N-methyl/N-ethyl adjacent to an activating group) is 1. The Morgan fingerprint density at radius 2 is 1.84 bits per heavy atom. The molecule has 2 rings (SSSR count). The molecule has 1 atom stereocenters. The van der Waals surface area contributed by atoms with Crippen molar-refractivity contribution in [2.75, 3.05) is 38.8 Å². The Bertz CT molecular complexity index is 1090. The Morgan fingerprint density at radius 1 is 1.18 bits per heavy atom. The Balaban J connectivity index is 0.00000102. The Hall–Kier alpha value is -2.54. The normalized spacial score (nSPS) is 16.4. The van der Waals surface area contributed by atoms with Crippen LogP contribution in [0.2, 0.25) is 5.02 Å². The average Bonchev–Trinajstić information content (AvgIpc) is 3.02. The van der Waals surface area contributed by atoms with E-state index in [9.17, 15) is 18.8 Å². The number of nitrogens with one attached hydrogen (secondary N) is 1. The largest absolute Gasteiger partial charge is 0.469 e. The van der Waals surface area contributed by atoms with Gasteiger partial charge in [-0.1, -0.05) is 65.0 Å².